The highest BCUT2D eigenvalue weighted by Gasteiger charge is 2.28. The average molecular weight is 315 g/mol. The maximum absolute atomic E-state index is 12.4. The van der Waals surface area contributed by atoms with Gasteiger partial charge in [0.2, 0.25) is 0 Å². The van der Waals surface area contributed by atoms with Crippen molar-refractivity contribution in [1.29, 1.82) is 0 Å². The smallest absolute Gasteiger partial charge is 0.275 e. The highest BCUT2D eigenvalue weighted by molar-refractivity contribution is 9.10. The Morgan fingerprint density at radius 1 is 1.56 bits per heavy atom. The average Bonchev–Trinajstić information content (AvgIpc) is 2.95. The Bertz CT molecular complexity index is 437. The third-order valence-electron chi connectivity index (χ3n) is 3.41. The Kier molecular flexibility index (Phi) is 4.07. The molecule has 2 heterocycles. The second-order valence-electron chi connectivity index (χ2n) is 5.02. The number of hydrogen-bond donors (Lipinski definition) is 2. The van der Waals surface area contributed by atoms with Gasteiger partial charge in [0.1, 0.15) is 0 Å². The zero-order chi connectivity index (χ0) is 13.3. The summed E-state index contributed by atoms with van der Waals surface area (Å²) in [4.78, 5) is 14.2. The molecule has 5 nitrogen and oxygen atoms in total. The molecule has 0 aromatic carbocycles. The van der Waals surface area contributed by atoms with Crippen LogP contribution in [0.1, 0.15) is 42.4 Å². The van der Waals surface area contributed by atoms with Crippen molar-refractivity contribution in [2.45, 2.75) is 32.2 Å². The van der Waals surface area contributed by atoms with Crippen LogP contribution in [0.2, 0.25) is 0 Å². The Hall–Kier alpha value is -0.880. The summed E-state index contributed by atoms with van der Waals surface area (Å²) in [5, 5.41) is 10.3. The molecule has 2 N–H and O–H groups in total. The summed E-state index contributed by atoms with van der Waals surface area (Å²) in [5.41, 5.74) is 1.45. The molecule has 0 saturated carbocycles. The number of rotatable bonds is 3. The summed E-state index contributed by atoms with van der Waals surface area (Å²) >= 11 is 3.47. The first-order valence-electron chi connectivity index (χ1n) is 6.24. The van der Waals surface area contributed by atoms with Crippen LogP contribution >= 0.6 is 15.9 Å². The van der Waals surface area contributed by atoms with Crippen molar-refractivity contribution in [2.75, 3.05) is 20.1 Å². The van der Waals surface area contributed by atoms with E-state index in [1.165, 1.54) is 0 Å². The van der Waals surface area contributed by atoms with Gasteiger partial charge in [-0.2, -0.15) is 5.10 Å². The van der Waals surface area contributed by atoms with E-state index in [1.807, 2.05) is 7.05 Å². The van der Waals surface area contributed by atoms with E-state index in [1.54, 1.807) is 4.90 Å². The van der Waals surface area contributed by atoms with Crippen molar-refractivity contribution < 1.29 is 4.79 Å². The van der Waals surface area contributed by atoms with E-state index in [-0.39, 0.29) is 11.9 Å². The van der Waals surface area contributed by atoms with Crippen LogP contribution < -0.4 is 5.32 Å². The largest absolute Gasteiger partial charge is 0.336 e. The SMILES string of the molecule is CC(C)c1[nH]nc(C(=O)N(C)[C@@H]2CCNC2)c1Br. The Morgan fingerprint density at radius 2 is 2.28 bits per heavy atom. The minimum atomic E-state index is -0.0290. The number of nitrogens with zero attached hydrogens (tertiary/aromatic N) is 2. The minimum absolute atomic E-state index is 0.0290. The number of aromatic amines is 1. The molecule has 0 bridgehead atoms. The van der Waals surface area contributed by atoms with E-state index < -0.39 is 0 Å². The molecule has 1 aliphatic heterocycles. The summed E-state index contributed by atoms with van der Waals surface area (Å²) in [7, 11) is 1.84. The molecule has 1 saturated heterocycles. The van der Waals surface area contributed by atoms with Gasteiger partial charge in [0, 0.05) is 19.6 Å². The molecule has 0 unspecified atom stereocenters. The van der Waals surface area contributed by atoms with E-state index in [4.69, 9.17) is 0 Å². The molecule has 0 spiro atoms. The summed E-state index contributed by atoms with van der Waals surface area (Å²) in [6, 6.07) is 0.267. The van der Waals surface area contributed by atoms with E-state index >= 15 is 0 Å². The summed E-state index contributed by atoms with van der Waals surface area (Å²) in [5.74, 6) is 0.283. The number of hydrogen-bond acceptors (Lipinski definition) is 3. The first-order chi connectivity index (χ1) is 8.52. The van der Waals surface area contributed by atoms with E-state index in [0.29, 0.717) is 11.6 Å². The van der Waals surface area contributed by atoms with Crippen LogP contribution in [0.5, 0.6) is 0 Å². The molecule has 1 amide bonds. The molecule has 1 aromatic heterocycles. The number of amides is 1. The van der Waals surface area contributed by atoms with Crippen molar-refractivity contribution in [1.82, 2.24) is 20.4 Å². The van der Waals surface area contributed by atoms with Crippen LogP contribution in [0.3, 0.4) is 0 Å². The predicted octanol–water partition coefficient (Wildman–Crippen LogP) is 1.73. The molecule has 18 heavy (non-hydrogen) atoms. The van der Waals surface area contributed by atoms with Gasteiger partial charge in [0.05, 0.1) is 10.2 Å². The molecule has 6 heteroatoms. The van der Waals surface area contributed by atoms with Crippen molar-refractivity contribution in [3.63, 3.8) is 0 Å². The number of aromatic nitrogens is 2. The van der Waals surface area contributed by atoms with Crippen molar-refractivity contribution in [2.24, 2.45) is 0 Å². The Balaban J connectivity index is 2.18. The van der Waals surface area contributed by atoms with Gasteiger partial charge in [-0.1, -0.05) is 13.8 Å². The predicted molar refractivity (Wildman–Crippen MR) is 73.7 cm³/mol. The normalized spacial score (nSPS) is 19.5. The molecule has 0 radical (unpaired) electrons. The topological polar surface area (TPSA) is 61.0 Å². The fourth-order valence-corrected chi connectivity index (χ4v) is 2.97. The van der Waals surface area contributed by atoms with Gasteiger partial charge in [-0.15, -0.1) is 0 Å². The lowest BCUT2D eigenvalue weighted by atomic mass is 10.1. The second kappa shape index (κ2) is 5.40. The number of nitrogens with one attached hydrogen (secondary N) is 2. The molecule has 2 rings (SSSR count). The van der Waals surface area contributed by atoms with Crippen LogP contribution in [0, 0.1) is 0 Å². The number of carbonyl (C=O) groups excluding carboxylic acids is 1. The quantitative estimate of drug-likeness (QED) is 0.893. The monoisotopic (exact) mass is 314 g/mol. The van der Waals surface area contributed by atoms with Gasteiger partial charge in [-0.05, 0) is 34.8 Å². The van der Waals surface area contributed by atoms with Gasteiger partial charge in [0.25, 0.3) is 5.91 Å². The molecule has 1 aromatic rings. The van der Waals surface area contributed by atoms with Crippen LogP contribution in [-0.4, -0.2) is 47.2 Å². The Labute approximate surface area is 115 Å². The minimum Gasteiger partial charge on any atom is -0.336 e. The molecular weight excluding hydrogens is 296 g/mol. The second-order valence-corrected chi connectivity index (χ2v) is 5.81. The maximum atomic E-state index is 12.4. The van der Waals surface area contributed by atoms with E-state index in [0.717, 1.165) is 29.7 Å². The van der Waals surface area contributed by atoms with Crippen LogP contribution in [0.25, 0.3) is 0 Å². The van der Waals surface area contributed by atoms with E-state index in [2.05, 4.69) is 45.3 Å². The van der Waals surface area contributed by atoms with Gasteiger partial charge in [-0.25, -0.2) is 0 Å². The lowest BCUT2D eigenvalue weighted by Gasteiger charge is -2.22. The molecule has 1 fully saturated rings. The van der Waals surface area contributed by atoms with Crippen LogP contribution in [0.4, 0.5) is 0 Å². The van der Waals surface area contributed by atoms with E-state index in [9.17, 15) is 4.79 Å². The number of halogens is 1. The third-order valence-corrected chi connectivity index (χ3v) is 4.22. The van der Waals surface area contributed by atoms with Crippen molar-refractivity contribution >= 4 is 21.8 Å². The molecule has 1 atom stereocenters. The highest BCUT2D eigenvalue weighted by Crippen LogP contribution is 2.26. The number of carbonyl (C=O) groups is 1. The Morgan fingerprint density at radius 3 is 2.78 bits per heavy atom. The fraction of sp³-hybridized carbons (Fsp3) is 0.667. The van der Waals surface area contributed by atoms with Gasteiger partial charge < -0.3 is 10.2 Å². The van der Waals surface area contributed by atoms with Gasteiger partial charge in [0.15, 0.2) is 5.69 Å². The first-order valence-corrected chi connectivity index (χ1v) is 7.03. The summed E-state index contributed by atoms with van der Waals surface area (Å²) in [6.45, 7) is 5.97. The lowest BCUT2D eigenvalue weighted by molar-refractivity contribution is 0.0737. The molecule has 100 valence electrons. The highest BCUT2D eigenvalue weighted by atomic mass is 79.9. The summed E-state index contributed by atoms with van der Waals surface area (Å²) < 4.78 is 0.792. The maximum Gasteiger partial charge on any atom is 0.275 e. The molecule has 1 aliphatic rings. The first kappa shape index (κ1) is 13.5. The molecular formula is C12H19BrN4O. The molecule has 0 aliphatic carbocycles. The van der Waals surface area contributed by atoms with Crippen LogP contribution in [0.15, 0.2) is 4.47 Å². The number of likely N-dealkylation sites (N-methyl/N-ethyl adjacent to an activating group) is 1. The number of H-pyrrole nitrogens is 1. The zero-order valence-electron chi connectivity index (χ0n) is 11.0. The van der Waals surface area contributed by atoms with Gasteiger partial charge in [-0.3, -0.25) is 9.89 Å². The zero-order valence-corrected chi connectivity index (χ0v) is 12.5. The lowest BCUT2D eigenvalue weighted by Crippen LogP contribution is -2.38. The van der Waals surface area contributed by atoms with Crippen molar-refractivity contribution in [3.05, 3.63) is 15.9 Å². The van der Waals surface area contributed by atoms with Crippen LogP contribution in [-0.2, 0) is 0 Å². The third kappa shape index (κ3) is 2.44. The van der Waals surface area contributed by atoms with Crippen molar-refractivity contribution in [3.8, 4) is 0 Å². The summed E-state index contributed by atoms with van der Waals surface area (Å²) in [6.07, 6.45) is 1.00. The standard InChI is InChI=1S/C12H19BrN4O/c1-7(2)10-9(13)11(16-15-10)12(18)17(3)8-4-5-14-6-8/h7-8,14H,4-6H2,1-3H3,(H,15,16)/t8-/m1/s1. The fourth-order valence-electron chi connectivity index (χ4n) is 2.17. The van der Waals surface area contributed by atoms with Gasteiger partial charge >= 0.3 is 0 Å².